The van der Waals surface area contributed by atoms with Crippen molar-refractivity contribution in [2.45, 2.75) is 38.3 Å². The molecule has 1 amide bonds. The molecule has 2 N–H and O–H groups in total. The Balaban J connectivity index is 1.28. The quantitative estimate of drug-likeness (QED) is 0.471. The fraction of sp³-hybridized carbons (Fsp3) is 0.276. The maximum atomic E-state index is 13.0. The fourth-order valence-electron chi connectivity index (χ4n) is 4.28. The third kappa shape index (κ3) is 5.87. The van der Waals surface area contributed by atoms with E-state index in [9.17, 15) is 9.90 Å². The number of hydrogen-bond donors (Lipinski definition) is 2. The molecule has 0 unspecified atom stereocenters. The van der Waals surface area contributed by atoms with Gasteiger partial charge in [-0.2, -0.15) is 0 Å². The van der Waals surface area contributed by atoms with Crippen molar-refractivity contribution in [3.63, 3.8) is 0 Å². The standard InChI is InChI=1S/C29H29NO6/c31-17-21-6-8-22(9-7-21)18-33-28-16-24(23-10-11-25-26(14-23)35-19-34-25)15-27(36-28)29(32)30-13-12-20-4-2-1-3-5-20/h1-11,14-15,24,28,31H,12-13,16-19H2,(H,30,32)/t24-,28+/m0/s1. The number of ether oxygens (including phenoxy) is 4. The third-order valence-corrected chi connectivity index (χ3v) is 6.29. The van der Waals surface area contributed by atoms with Crippen molar-refractivity contribution in [2.24, 2.45) is 0 Å². The maximum absolute atomic E-state index is 13.0. The SMILES string of the molecule is O=C(NCCc1ccccc1)C1=C[C@H](c2ccc3c(c2)OCO3)C[C@H](OCc2ccc(CO)cc2)O1. The van der Waals surface area contributed by atoms with Crippen LogP contribution in [-0.2, 0) is 33.9 Å². The van der Waals surface area contributed by atoms with E-state index < -0.39 is 6.29 Å². The monoisotopic (exact) mass is 487 g/mol. The van der Waals surface area contributed by atoms with Crippen LogP contribution in [-0.4, -0.2) is 30.6 Å². The van der Waals surface area contributed by atoms with Crippen LogP contribution in [0.1, 0.15) is 34.6 Å². The molecule has 186 valence electrons. The summed E-state index contributed by atoms with van der Waals surface area (Å²) >= 11 is 0. The molecule has 0 spiro atoms. The summed E-state index contributed by atoms with van der Waals surface area (Å²) in [6.45, 7) is 1.03. The second-order valence-electron chi connectivity index (χ2n) is 8.81. The zero-order chi connectivity index (χ0) is 24.7. The Kier molecular flexibility index (Phi) is 7.50. The smallest absolute Gasteiger partial charge is 0.286 e. The third-order valence-electron chi connectivity index (χ3n) is 6.29. The summed E-state index contributed by atoms with van der Waals surface area (Å²) in [5.41, 5.74) is 3.95. The number of aliphatic hydroxyl groups excluding tert-OH is 1. The number of allylic oxidation sites excluding steroid dienone is 1. The first-order chi connectivity index (χ1) is 17.7. The normalized spacial score (nSPS) is 18.3. The minimum atomic E-state index is -0.599. The molecule has 7 nitrogen and oxygen atoms in total. The van der Waals surface area contributed by atoms with Crippen molar-refractivity contribution in [3.05, 3.63) is 107 Å². The van der Waals surface area contributed by atoms with Crippen molar-refractivity contribution in [3.8, 4) is 11.5 Å². The molecule has 0 fully saturated rings. The van der Waals surface area contributed by atoms with Gasteiger partial charge >= 0.3 is 0 Å². The molecule has 3 aromatic rings. The summed E-state index contributed by atoms with van der Waals surface area (Å²) in [6.07, 6.45) is 2.54. The van der Waals surface area contributed by atoms with E-state index >= 15 is 0 Å². The number of nitrogens with one attached hydrogen (secondary N) is 1. The number of aliphatic hydroxyl groups is 1. The lowest BCUT2D eigenvalue weighted by atomic mass is 9.92. The first-order valence-corrected chi connectivity index (χ1v) is 12.1. The van der Waals surface area contributed by atoms with Crippen LogP contribution in [0.4, 0.5) is 0 Å². The number of amides is 1. The highest BCUT2D eigenvalue weighted by Gasteiger charge is 2.29. The molecule has 0 saturated heterocycles. The first kappa shape index (κ1) is 23.9. The Morgan fingerprint density at radius 2 is 1.72 bits per heavy atom. The minimum absolute atomic E-state index is 0.00236. The highest BCUT2D eigenvalue weighted by atomic mass is 16.7. The molecular weight excluding hydrogens is 458 g/mol. The van der Waals surface area contributed by atoms with E-state index in [2.05, 4.69) is 5.32 Å². The lowest BCUT2D eigenvalue weighted by molar-refractivity contribution is -0.150. The van der Waals surface area contributed by atoms with Crippen LogP contribution in [0, 0.1) is 0 Å². The summed E-state index contributed by atoms with van der Waals surface area (Å²) < 4.78 is 23.1. The van der Waals surface area contributed by atoms with Gasteiger partial charge in [-0.05, 0) is 46.9 Å². The lowest BCUT2D eigenvalue weighted by Gasteiger charge is -2.29. The van der Waals surface area contributed by atoms with Gasteiger partial charge in [0.05, 0.1) is 13.2 Å². The first-order valence-electron chi connectivity index (χ1n) is 12.1. The molecular formula is C29H29NO6. The van der Waals surface area contributed by atoms with Gasteiger partial charge in [-0.25, -0.2) is 0 Å². The second kappa shape index (κ2) is 11.3. The Morgan fingerprint density at radius 1 is 0.944 bits per heavy atom. The predicted molar refractivity (Wildman–Crippen MR) is 133 cm³/mol. The zero-order valence-electron chi connectivity index (χ0n) is 19.9. The van der Waals surface area contributed by atoms with Gasteiger partial charge in [-0.3, -0.25) is 4.79 Å². The Bertz CT molecular complexity index is 1210. The van der Waals surface area contributed by atoms with Crippen molar-refractivity contribution in [1.82, 2.24) is 5.32 Å². The topological polar surface area (TPSA) is 86.3 Å². The number of carbonyl (C=O) groups excluding carboxylic acids is 1. The molecule has 0 radical (unpaired) electrons. The Hall–Kier alpha value is -3.81. The fourth-order valence-corrected chi connectivity index (χ4v) is 4.28. The molecule has 3 aromatic carbocycles. The van der Waals surface area contributed by atoms with Crippen molar-refractivity contribution < 1.29 is 28.8 Å². The number of rotatable bonds is 9. The van der Waals surface area contributed by atoms with Crippen LogP contribution < -0.4 is 14.8 Å². The summed E-state index contributed by atoms with van der Waals surface area (Å²) in [5.74, 6) is 1.30. The lowest BCUT2D eigenvalue weighted by Crippen LogP contribution is -2.33. The molecule has 2 aliphatic heterocycles. The predicted octanol–water partition coefficient (Wildman–Crippen LogP) is 4.20. The summed E-state index contributed by atoms with van der Waals surface area (Å²) in [7, 11) is 0. The van der Waals surface area contributed by atoms with Crippen LogP contribution in [0.5, 0.6) is 11.5 Å². The van der Waals surface area contributed by atoms with Gasteiger partial charge in [0.15, 0.2) is 17.3 Å². The van der Waals surface area contributed by atoms with Gasteiger partial charge in [-0.15, -0.1) is 0 Å². The van der Waals surface area contributed by atoms with Crippen LogP contribution >= 0.6 is 0 Å². The van der Waals surface area contributed by atoms with Crippen molar-refractivity contribution in [2.75, 3.05) is 13.3 Å². The highest BCUT2D eigenvalue weighted by molar-refractivity contribution is 5.91. The highest BCUT2D eigenvalue weighted by Crippen LogP contribution is 2.38. The van der Waals surface area contributed by atoms with Crippen LogP contribution in [0.2, 0.25) is 0 Å². The minimum Gasteiger partial charge on any atom is -0.459 e. The molecule has 2 atom stereocenters. The van der Waals surface area contributed by atoms with Gasteiger partial charge in [0.2, 0.25) is 13.1 Å². The molecule has 0 saturated carbocycles. The maximum Gasteiger partial charge on any atom is 0.286 e. The van der Waals surface area contributed by atoms with Crippen molar-refractivity contribution >= 4 is 5.91 Å². The zero-order valence-corrected chi connectivity index (χ0v) is 19.9. The van der Waals surface area contributed by atoms with E-state index in [0.29, 0.717) is 31.1 Å². The molecule has 0 aromatic heterocycles. The summed E-state index contributed by atoms with van der Waals surface area (Å²) in [5, 5.41) is 12.2. The average molecular weight is 488 g/mol. The van der Waals surface area contributed by atoms with Gasteiger partial charge < -0.3 is 29.4 Å². The molecule has 2 aliphatic rings. The van der Waals surface area contributed by atoms with E-state index in [-0.39, 0.29) is 31.0 Å². The molecule has 0 bridgehead atoms. The van der Waals surface area contributed by atoms with E-state index in [0.717, 1.165) is 28.7 Å². The Morgan fingerprint density at radius 3 is 2.53 bits per heavy atom. The van der Waals surface area contributed by atoms with Gasteiger partial charge in [0, 0.05) is 18.9 Å². The second-order valence-corrected chi connectivity index (χ2v) is 8.81. The van der Waals surface area contributed by atoms with Gasteiger partial charge in [-0.1, -0.05) is 60.7 Å². The number of fused-ring (bicyclic) bond motifs is 1. The van der Waals surface area contributed by atoms with Crippen molar-refractivity contribution in [1.29, 1.82) is 0 Å². The van der Waals surface area contributed by atoms with E-state index in [4.69, 9.17) is 18.9 Å². The number of carbonyl (C=O) groups is 1. The number of benzene rings is 3. The Labute approximate surface area is 210 Å². The molecule has 0 aliphatic carbocycles. The van der Waals surface area contributed by atoms with Gasteiger partial charge in [0.25, 0.3) is 5.91 Å². The van der Waals surface area contributed by atoms with E-state index in [1.165, 1.54) is 0 Å². The molecule has 2 heterocycles. The molecule has 36 heavy (non-hydrogen) atoms. The molecule has 7 heteroatoms. The van der Waals surface area contributed by atoms with E-state index in [1.54, 1.807) is 0 Å². The summed E-state index contributed by atoms with van der Waals surface area (Å²) in [4.78, 5) is 13.0. The number of hydrogen-bond acceptors (Lipinski definition) is 6. The average Bonchev–Trinajstić information content (AvgIpc) is 3.41. The van der Waals surface area contributed by atoms with Gasteiger partial charge in [0.1, 0.15) is 0 Å². The van der Waals surface area contributed by atoms with Crippen LogP contribution in [0.25, 0.3) is 0 Å². The summed E-state index contributed by atoms with van der Waals surface area (Å²) in [6, 6.07) is 23.4. The van der Waals surface area contributed by atoms with Crippen LogP contribution in [0.3, 0.4) is 0 Å². The van der Waals surface area contributed by atoms with Crippen LogP contribution in [0.15, 0.2) is 84.6 Å². The van der Waals surface area contributed by atoms with E-state index in [1.807, 2.05) is 78.9 Å². The largest absolute Gasteiger partial charge is 0.459 e. The molecule has 5 rings (SSSR count).